The fourth-order valence-corrected chi connectivity index (χ4v) is 4.29. The number of carbonyl (C=O) groups is 1. The number of piperazine rings is 1. The van der Waals surface area contributed by atoms with E-state index in [1.54, 1.807) is 12.1 Å². The van der Waals surface area contributed by atoms with Gasteiger partial charge in [-0.25, -0.2) is 0 Å². The Morgan fingerprint density at radius 2 is 1.81 bits per heavy atom. The Hall–Kier alpha value is -2.12. The molecule has 1 fully saturated rings. The molecule has 0 aliphatic carbocycles. The lowest BCUT2D eigenvalue weighted by molar-refractivity contribution is 0.0973. The lowest BCUT2D eigenvalue weighted by Crippen LogP contribution is -2.52. The Bertz CT molecular complexity index is 870. The molecule has 0 atom stereocenters. The van der Waals surface area contributed by atoms with Crippen LogP contribution in [0.4, 0.5) is 5.69 Å². The molecule has 1 aliphatic rings. The number of halogens is 1. The average molecular weight is 504 g/mol. The minimum Gasteiger partial charge on any atom is -0.492 e. The van der Waals surface area contributed by atoms with Crippen LogP contribution in [0.1, 0.15) is 43.0 Å². The highest BCUT2D eigenvalue weighted by atomic mass is 79.9. The molecule has 1 saturated heterocycles. The van der Waals surface area contributed by atoms with Crippen LogP contribution in [0, 0.1) is 0 Å². The number of anilines is 1. The first kappa shape index (κ1) is 23.5. The highest BCUT2D eigenvalue weighted by Crippen LogP contribution is 2.26. The molecular formula is C24H30BrN3O2S. The Kier molecular flexibility index (Phi) is 9.15. The molecule has 0 unspecified atom stereocenters. The number of rotatable bonds is 8. The van der Waals surface area contributed by atoms with Crippen molar-refractivity contribution >= 4 is 44.9 Å². The van der Waals surface area contributed by atoms with Gasteiger partial charge in [-0.3, -0.25) is 10.1 Å². The minimum atomic E-state index is -0.203. The van der Waals surface area contributed by atoms with Crippen LogP contribution in [0.3, 0.4) is 0 Å². The van der Waals surface area contributed by atoms with Gasteiger partial charge in [-0.1, -0.05) is 44.4 Å². The summed E-state index contributed by atoms with van der Waals surface area (Å²) in [5.74, 6) is 0.554. The van der Waals surface area contributed by atoms with Crippen LogP contribution in [0.15, 0.2) is 53.0 Å². The predicted octanol–water partition coefficient (Wildman–Crippen LogP) is 5.25. The van der Waals surface area contributed by atoms with Gasteiger partial charge in [0.2, 0.25) is 0 Å². The number of unbranched alkanes of at least 4 members (excludes halogenated alkanes) is 3. The topological polar surface area (TPSA) is 44.8 Å². The van der Waals surface area contributed by atoms with Crippen LogP contribution in [-0.4, -0.2) is 48.7 Å². The second-order valence-electron chi connectivity index (χ2n) is 7.62. The van der Waals surface area contributed by atoms with E-state index in [2.05, 4.69) is 50.1 Å². The Morgan fingerprint density at radius 1 is 1.06 bits per heavy atom. The molecule has 7 heteroatoms. The molecule has 1 aliphatic heterocycles. The van der Waals surface area contributed by atoms with Crippen LogP contribution < -0.4 is 15.0 Å². The van der Waals surface area contributed by atoms with Gasteiger partial charge in [-0.15, -0.1) is 0 Å². The van der Waals surface area contributed by atoms with E-state index in [4.69, 9.17) is 17.0 Å². The minimum absolute atomic E-state index is 0.203. The molecule has 0 radical (unpaired) electrons. The van der Waals surface area contributed by atoms with E-state index in [9.17, 15) is 4.79 Å². The van der Waals surface area contributed by atoms with Crippen molar-refractivity contribution in [2.45, 2.75) is 32.6 Å². The number of nitrogens with zero attached hydrogens (tertiary/aromatic N) is 2. The SMILES string of the molecule is CCCCCCOc1ccc(C(=O)NC(=S)N2CCN(c3ccccc3)CC2)cc1Br. The molecule has 166 valence electrons. The number of amides is 1. The zero-order valence-electron chi connectivity index (χ0n) is 18.0. The molecule has 2 aromatic rings. The fourth-order valence-electron chi connectivity index (χ4n) is 3.52. The van der Waals surface area contributed by atoms with Crippen molar-refractivity contribution in [1.29, 1.82) is 0 Å². The zero-order valence-corrected chi connectivity index (χ0v) is 20.4. The van der Waals surface area contributed by atoms with Crippen molar-refractivity contribution in [1.82, 2.24) is 10.2 Å². The van der Waals surface area contributed by atoms with Crippen LogP contribution in [0.5, 0.6) is 5.75 Å². The molecule has 0 bridgehead atoms. The van der Waals surface area contributed by atoms with Crippen LogP contribution in [0.2, 0.25) is 0 Å². The molecule has 0 aromatic heterocycles. The van der Waals surface area contributed by atoms with Crippen molar-refractivity contribution in [3.63, 3.8) is 0 Å². The normalized spacial score (nSPS) is 13.7. The lowest BCUT2D eigenvalue weighted by atomic mass is 10.2. The van der Waals surface area contributed by atoms with Crippen LogP contribution in [-0.2, 0) is 0 Å². The molecule has 1 N–H and O–H groups in total. The monoisotopic (exact) mass is 503 g/mol. The van der Waals surface area contributed by atoms with Gasteiger partial charge in [0.25, 0.3) is 5.91 Å². The molecule has 31 heavy (non-hydrogen) atoms. The molecule has 0 saturated carbocycles. The molecule has 0 spiro atoms. The van der Waals surface area contributed by atoms with Gasteiger partial charge in [-0.05, 0) is 64.9 Å². The summed E-state index contributed by atoms with van der Waals surface area (Å²) in [6, 6.07) is 15.7. The molecule has 1 amide bonds. The van der Waals surface area contributed by atoms with Crippen molar-refractivity contribution in [3.05, 3.63) is 58.6 Å². The second-order valence-corrected chi connectivity index (χ2v) is 8.86. The maximum atomic E-state index is 12.7. The number of benzene rings is 2. The van der Waals surface area contributed by atoms with Gasteiger partial charge in [0.1, 0.15) is 5.75 Å². The third-order valence-electron chi connectivity index (χ3n) is 5.36. The average Bonchev–Trinajstić information content (AvgIpc) is 2.80. The number of hydrogen-bond acceptors (Lipinski definition) is 4. The van der Waals surface area contributed by atoms with E-state index >= 15 is 0 Å². The fraction of sp³-hybridized carbons (Fsp3) is 0.417. The zero-order chi connectivity index (χ0) is 22.1. The predicted molar refractivity (Wildman–Crippen MR) is 134 cm³/mol. The van der Waals surface area contributed by atoms with E-state index in [1.165, 1.54) is 24.9 Å². The summed E-state index contributed by atoms with van der Waals surface area (Å²) in [6.07, 6.45) is 4.64. The number of thiocarbonyl (C=S) groups is 1. The van der Waals surface area contributed by atoms with Gasteiger partial charge < -0.3 is 14.5 Å². The van der Waals surface area contributed by atoms with Crippen LogP contribution >= 0.6 is 28.1 Å². The third kappa shape index (κ3) is 6.94. The standard InChI is InChI=1S/C24H30BrN3O2S/c1-2-3-4-8-17-30-22-12-11-19(18-21(22)25)23(29)26-24(31)28-15-13-27(14-16-28)20-9-6-5-7-10-20/h5-7,9-12,18H,2-4,8,13-17H2,1H3,(H,26,29,31). The van der Waals surface area contributed by atoms with E-state index in [0.29, 0.717) is 17.3 Å². The number of para-hydroxylation sites is 1. The van der Waals surface area contributed by atoms with Crippen molar-refractivity contribution in [2.24, 2.45) is 0 Å². The molecule has 3 rings (SSSR count). The Morgan fingerprint density at radius 3 is 2.48 bits per heavy atom. The number of carbonyl (C=O) groups excluding carboxylic acids is 1. The van der Waals surface area contributed by atoms with Gasteiger partial charge in [-0.2, -0.15) is 0 Å². The highest BCUT2D eigenvalue weighted by molar-refractivity contribution is 9.10. The second kappa shape index (κ2) is 12.1. The van der Waals surface area contributed by atoms with Gasteiger partial charge in [0.15, 0.2) is 5.11 Å². The maximum Gasteiger partial charge on any atom is 0.257 e. The summed E-state index contributed by atoms with van der Waals surface area (Å²) in [5.41, 5.74) is 1.77. The smallest absolute Gasteiger partial charge is 0.257 e. The van der Waals surface area contributed by atoms with Gasteiger partial charge in [0, 0.05) is 37.4 Å². The number of ether oxygens (including phenoxy) is 1. The van der Waals surface area contributed by atoms with E-state index in [1.807, 2.05) is 24.3 Å². The van der Waals surface area contributed by atoms with Gasteiger partial charge >= 0.3 is 0 Å². The molecule has 2 aromatic carbocycles. The lowest BCUT2D eigenvalue weighted by Gasteiger charge is -2.37. The van der Waals surface area contributed by atoms with E-state index in [0.717, 1.165) is 42.8 Å². The first-order valence-electron chi connectivity index (χ1n) is 10.9. The first-order chi connectivity index (χ1) is 15.1. The summed E-state index contributed by atoms with van der Waals surface area (Å²) in [5, 5.41) is 3.35. The third-order valence-corrected chi connectivity index (χ3v) is 6.34. The summed E-state index contributed by atoms with van der Waals surface area (Å²) in [4.78, 5) is 17.1. The largest absolute Gasteiger partial charge is 0.492 e. The highest BCUT2D eigenvalue weighted by Gasteiger charge is 2.21. The Labute approximate surface area is 198 Å². The molecular weight excluding hydrogens is 474 g/mol. The molecule has 1 heterocycles. The van der Waals surface area contributed by atoms with Gasteiger partial charge in [0.05, 0.1) is 11.1 Å². The maximum absolute atomic E-state index is 12.7. The summed E-state index contributed by atoms with van der Waals surface area (Å²) in [7, 11) is 0. The summed E-state index contributed by atoms with van der Waals surface area (Å²) in [6.45, 7) is 6.18. The van der Waals surface area contributed by atoms with Crippen molar-refractivity contribution in [2.75, 3.05) is 37.7 Å². The number of nitrogens with one attached hydrogen (secondary N) is 1. The number of hydrogen-bond donors (Lipinski definition) is 1. The van der Waals surface area contributed by atoms with Crippen molar-refractivity contribution < 1.29 is 9.53 Å². The Balaban J connectivity index is 1.47. The quantitative estimate of drug-likeness (QED) is 0.393. The molecule has 5 nitrogen and oxygen atoms in total. The van der Waals surface area contributed by atoms with Crippen LogP contribution in [0.25, 0.3) is 0 Å². The van der Waals surface area contributed by atoms with E-state index in [-0.39, 0.29) is 5.91 Å². The first-order valence-corrected chi connectivity index (χ1v) is 12.1. The van der Waals surface area contributed by atoms with Crippen molar-refractivity contribution in [3.8, 4) is 5.75 Å². The van der Waals surface area contributed by atoms with E-state index < -0.39 is 0 Å². The summed E-state index contributed by atoms with van der Waals surface area (Å²) < 4.78 is 6.60. The summed E-state index contributed by atoms with van der Waals surface area (Å²) >= 11 is 9.01.